The second-order valence-corrected chi connectivity index (χ2v) is 7.72. The molecule has 3 aromatic rings. The fourth-order valence-electron chi connectivity index (χ4n) is 2.98. The third-order valence-corrected chi connectivity index (χ3v) is 6.01. The Balaban J connectivity index is 1.93. The summed E-state index contributed by atoms with van der Waals surface area (Å²) in [6.45, 7) is 0. The van der Waals surface area contributed by atoms with Crippen LogP contribution in [0.2, 0.25) is 0 Å². The highest BCUT2D eigenvalue weighted by Gasteiger charge is 2.35. The summed E-state index contributed by atoms with van der Waals surface area (Å²) in [5, 5.41) is 6.66. The van der Waals surface area contributed by atoms with Crippen molar-refractivity contribution in [1.82, 2.24) is 10.2 Å². The zero-order valence-corrected chi connectivity index (χ0v) is 14.3. The van der Waals surface area contributed by atoms with Crippen molar-refractivity contribution in [2.75, 3.05) is 4.90 Å². The van der Waals surface area contributed by atoms with Crippen LogP contribution in [0.15, 0.2) is 70.7 Å². The van der Waals surface area contributed by atoms with Crippen LogP contribution in [0.25, 0.3) is 6.08 Å². The van der Waals surface area contributed by atoms with Crippen LogP contribution >= 0.6 is 0 Å². The molecule has 0 saturated carbocycles. The van der Waals surface area contributed by atoms with E-state index in [1.807, 2.05) is 18.2 Å². The van der Waals surface area contributed by atoms with Crippen LogP contribution < -0.4 is 10.6 Å². The topological polar surface area (TPSA) is 92.1 Å². The maximum absolute atomic E-state index is 13.2. The van der Waals surface area contributed by atoms with Crippen LogP contribution in [0, 0.1) is 5.82 Å². The predicted molar refractivity (Wildman–Crippen MR) is 96.0 cm³/mol. The van der Waals surface area contributed by atoms with E-state index in [1.54, 1.807) is 18.2 Å². The molecule has 1 aliphatic rings. The molecule has 0 amide bonds. The van der Waals surface area contributed by atoms with Gasteiger partial charge >= 0.3 is 0 Å². The van der Waals surface area contributed by atoms with Crippen LogP contribution in [0.3, 0.4) is 0 Å². The van der Waals surface area contributed by atoms with Gasteiger partial charge in [-0.2, -0.15) is 5.10 Å². The largest absolute Gasteiger partial charge is 0.307 e. The lowest BCUT2D eigenvalue weighted by Gasteiger charge is -2.35. The lowest BCUT2D eigenvalue weighted by Crippen LogP contribution is -2.39. The summed E-state index contributed by atoms with van der Waals surface area (Å²) >= 11 is 0. The molecule has 0 fully saturated rings. The van der Waals surface area contributed by atoms with Crippen molar-refractivity contribution in [1.29, 1.82) is 0 Å². The average Bonchev–Trinajstić information content (AvgIpc) is 3.16. The first-order valence-corrected chi connectivity index (χ1v) is 9.32. The molecule has 0 radical (unpaired) electrons. The van der Waals surface area contributed by atoms with E-state index in [2.05, 4.69) is 10.2 Å². The maximum Gasteiger partial charge on any atom is 0.222 e. The van der Waals surface area contributed by atoms with Gasteiger partial charge in [-0.1, -0.05) is 24.3 Å². The highest BCUT2D eigenvalue weighted by Crippen LogP contribution is 2.38. The standard InChI is InChI=1S/C18H15FN4O2S/c19-13-5-7-14(8-6-13)26(24,25)17-11-12-3-1-2-4-15(12)18(20)23(17)16-9-10-21-22-16/h1-11,18H,20H2,(H,21,22). The molecule has 132 valence electrons. The van der Waals surface area contributed by atoms with Gasteiger partial charge in [-0.25, -0.2) is 12.8 Å². The second-order valence-electron chi connectivity index (χ2n) is 5.83. The molecule has 0 bridgehead atoms. The number of fused-ring (bicyclic) bond motifs is 1. The summed E-state index contributed by atoms with van der Waals surface area (Å²) < 4.78 is 39.7. The van der Waals surface area contributed by atoms with Gasteiger partial charge < -0.3 is 5.73 Å². The fraction of sp³-hybridized carbons (Fsp3) is 0.0556. The highest BCUT2D eigenvalue weighted by molar-refractivity contribution is 7.95. The van der Waals surface area contributed by atoms with Crippen molar-refractivity contribution >= 4 is 21.7 Å². The number of nitrogens with zero attached hydrogens (tertiary/aromatic N) is 2. The molecule has 3 N–H and O–H groups in total. The van der Waals surface area contributed by atoms with E-state index in [0.717, 1.165) is 23.3 Å². The van der Waals surface area contributed by atoms with Crippen LogP contribution in [0.4, 0.5) is 10.2 Å². The molecule has 0 spiro atoms. The molecule has 4 rings (SSSR count). The van der Waals surface area contributed by atoms with Gasteiger partial charge in [0.1, 0.15) is 22.8 Å². The smallest absolute Gasteiger partial charge is 0.222 e. The van der Waals surface area contributed by atoms with Crippen molar-refractivity contribution in [3.8, 4) is 0 Å². The van der Waals surface area contributed by atoms with Crippen molar-refractivity contribution in [3.63, 3.8) is 0 Å². The van der Waals surface area contributed by atoms with Crippen LogP contribution in [0.5, 0.6) is 0 Å². The van der Waals surface area contributed by atoms with Gasteiger partial charge in [-0.3, -0.25) is 10.00 Å². The Kier molecular flexibility index (Phi) is 3.86. The number of nitrogens with two attached hydrogens (primary N) is 1. The first kappa shape index (κ1) is 16.5. The van der Waals surface area contributed by atoms with Gasteiger partial charge in [0.2, 0.25) is 9.84 Å². The van der Waals surface area contributed by atoms with Crippen LogP contribution in [-0.2, 0) is 9.84 Å². The highest BCUT2D eigenvalue weighted by atomic mass is 32.2. The number of benzene rings is 2. The summed E-state index contributed by atoms with van der Waals surface area (Å²) in [4.78, 5) is 1.47. The van der Waals surface area contributed by atoms with Gasteiger partial charge in [-0.05, 0) is 41.5 Å². The van der Waals surface area contributed by atoms with Gasteiger partial charge in [0.05, 0.1) is 11.1 Å². The molecule has 1 unspecified atom stereocenters. The van der Waals surface area contributed by atoms with Crippen molar-refractivity contribution in [2.24, 2.45) is 5.73 Å². The SMILES string of the molecule is NC1c2ccccc2C=C(S(=O)(=O)c2ccc(F)cc2)N1c1ccn[nH]1. The van der Waals surface area contributed by atoms with Gasteiger partial charge in [0, 0.05) is 6.07 Å². The third kappa shape index (κ3) is 2.59. The molecule has 1 aliphatic heterocycles. The molecule has 0 aliphatic carbocycles. The average molecular weight is 370 g/mol. The number of rotatable bonds is 3. The Bertz CT molecular complexity index is 1080. The zero-order valence-electron chi connectivity index (χ0n) is 13.5. The molecular weight excluding hydrogens is 355 g/mol. The van der Waals surface area contributed by atoms with E-state index >= 15 is 0 Å². The molecule has 1 atom stereocenters. The van der Waals surface area contributed by atoms with Crippen LogP contribution in [0.1, 0.15) is 17.3 Å². The van der Waals surface area contributed by atoms with E-state index in [9.17, 15) is 12.8 Å². The van der Waals surface area contributed by atoms with E-state index in [4.69, 9.17) is 5.73 Å². The van der Waals surface area contributed by atoms with Gasteiger partial charge in [0.15, 0.2) is 0 Å². The number of anilines is 1. The van der Waals surface area contributed by atoms with E-state index < -0.39 is 21.8 Å². The Hall–Kier alpha value is -2.97. The number of H-pyrrole nitrogens is 1. The maximum atomic E-state index is 13.2. The number of halogens is 1. The summed E-state index contributed by atoms with van der Waals surface area (Å²) in [5.41, 5.74) is 7.89. The minimum Gasteiger partial charge on any atom is -0.307 e. The number of aromatic amines is 1. The zero-order chi connectivity index (χ0) is 18.3. The second kappa shape index (κ2) is 6.08. The quantitative estimate of drug-likeness (QED) is 0.692. The number of hydrogen-bond acceptors (Lipinski definition) is 5. The van der Waals surface area contributed by atoms with Gasteiger partial charge in [0.25, 0.3) is 0 Å². The molecule has 2 aromatic carbocycles. The molecule has 2 heterocycles. The number of aromatic nitrogens is 2. The van der Waals surface area contributed by atoms with Crippen molar-refractivity contribution in [2.45, 2.75) is 11.1 Å². The molecule has 0 saturated heterocycles. The number of sulfone groups is 1. The lowest BCUT2D eigenvalue weighted by molar-refractivity contribution is 0.593. The van der Waals surface area contributed by atoms with E-state index in [1.165, 1.54) is 23.2 Å². The van der Waals surface area contributed by atoms with Crippen molar-refractivity contribution in [3.05, 3.63) is 82.8 Å². The van der Waals surface area contributed by atoms with Crippen molar-refractivity contribution < 1.29 is 12.8 Å². The minimum absolute atomic E-state index is 0.000409. The summed E-state index contributed by atoms with van der Waals surface area (Å²) in [6, 6.07) is 13.7. The Morgan fingerprint density at radius 2 is 1.81 bits per heavy atom. The Morgan fingerprint density at radius 1 is 1.08 bits per heavy atom. The first-order chi connectivity index (χ1) is 12.5. The van der Waals surface area contributed by atoms with Gasteiger partial charge in [-0.15, -0.1) is 0 Å². The molecular formula is C18H15FN4O2S. The predicted octanol–water partition coefficient (Wildman–Crippen LogP) is 2.80. The molecule has 1 aromatic heterocycles. The third-order valence-electron chi connectivity index (χ3n) is 4.25. The normalized spacial score (nSPS) is 16.9. The van der Waals surface area contributed by atoms with E-state index in [0.29, 0.717) is 5.82 Å². The minimum atomic E-state index is -3.94. The number of hydrogen-bond donors (Lipinski definition) is 2. The summed E-state index contributed by atoms with van der Waals surface area (Å²) in [7, 11) is -3.94. The molecule has 26 heavy (non-hydrogen) atoms. The first-order valence-electron chi connectivity index (χ1n) is 7.84. The fourth-order valence-corrected chi connectivity index (χ4v) is 4.47. The summed E-state index contributed by atoms with van der Waals surface area (Å²) in [5.74, 6) is -0.0574. The lowest BCUT2D eigenvalue weighted by atomic mass is 10.0. The molecule has 6 nitrogen and oxygen atoms in total. The number of nitrogens with one attached hydrogen (secondary N) is 1. The van der Waals surface area contributed by atoms with Crippen LogP contribution in [-0.4, -0.2) is 18.6 Å². The Labute approximate surface area is 149 Å². The van der Waals surface area contributed by atoms with E-state index in [-0.39, 0.29) is 9.92 Å². The monoisotopic (exact) mass is 370 g/mol. The Morgan fingerprint density at radius 3 is 2.50 bits per heavy atom. The molecule has 8 heteroatoms. The summed E-state index contributed by atoms with van der Waals surface area (Å²) in [6.07, 6.45) is 2.37.